The molecule has 0 spiro atoms. The number of Topliss-reactive ketones (excluding diaryl/α,β-unsaturated/α-hetero) is 1. The van der Waals surface area contributed by atoms with E-state index in [-0.39, 0.29) is 36.0 Å². The number of alkyl halides is 3. The predicted octanol–water partition coefficient (Wildman–Crippen LogP) is 4.70. The first-order chi connectivity index (χ1) is 19.4. The summed E-state index contributed by atoms with van der Waals surface area (Å²) < 4.78 is 42.4. The second kappa shape index (κ2) is 11.2. The van der Waals surface area contributed by atoms with E-state index in [4.69, 9.17) is 0 Å². The number of rotatable bonds is 7. The molecule has 41 heavy (non-hydrogen) atoms. The predicted molar refractivity (Wildman–Crippen MR) is 146 cm³/mol. The summed E-state index contributed by atoms with van der Waals surface area (Å²) in [7, 11) is 0. The van der Waals surface area contributed by atoms with Crippen LogP contribution in [-0.4, -0.2) is 55.6 Å². The highest BCUT2D eigenvalue weighted by atomic mass is 32.1. The molecule has 1 fully saturated rings. The van der Waals surface area contributed by atoms with Gasteiger partial charge in [0.2, 0.25) is 5.91 Å². The Morgan fingerprint density at radius 3 is 2.63 bits per heavy atom. The Kier molecular flexibility index (Phi) is 7.69. The van der Waals surface area contributed by atoms with Gasteiger partial charge in [0.05, 0.1) is 28.9 Å². The topological polar surface area (TPSA) is 122 Å². The van der Waals surface area contributed by atoms with Crippen molar-refractivity contribution in [3.05, 3.63) is 71.0 Å². The van der Waals surface area contributed by atoms with Crippen LogP contribution in [-0.2, 0) is 22.3 Å². The highest BCUT2D eigenvalue weighted by molar-refractivity contribution is 7.19. The van der Waals surface area contributed by atoms with Crippen molar-refractivity contribution in [2.75, 3.05) is 23.7 Å². The lowest BCUT2D eigenvalue weighted by Crippen LogP contribution is -2.21. The number of carbonyl (C=O) groups excluding carboxylic acids is 3. The van der Waals surface area contributed by atoms with E-state index in [1.165, 1.54) is 29.0 Å². The molecule has 0 saturated carbocycles. The minimum Gasteiger partial charge on any atom is -0.322 e. The quantitative estimate of drug-likeness (QED) is 0.323. The van der Waals surface area contributed by atoms with Crippen molar-refractivity contribution in [2.24, 2.45) is 0 Å². The van der Waals surface area contributed by atoms with Gasteiger partial charge >= 0.3 is 6.18 Å². The highest BCUT2D eigenvalue weighted by Gasteiger charge is 2.32. The van der Waals surface area contributed by atoms with Crippen molar-refractivity contribution in [3.8, 4) is 16.3 Å². The number of benzene rings is 2. The van der Waals surface area contributed by atoms with E-state index in [0.29, 0.717) is 39.9 Å². The monoisotopic (exact) mass is 583 g/mol. The van der Waals surface area contributed by atoms with Crippen LogP contribution in [0.15, 0.2) is 48.8 Å². The maximum absolute atomic E-state index is 13.6. The Labute approximate surface area is 236 Å². The van der Waals surface area contributed by atoms with Gasteiger partial charge in [-0.2, -0.15) is 13.2 Å². The molecule has 5 rings (SSSR count). The van der Waals surface area contributed by atoms with E-state index >= 15 is 0 Å². The maximum atomic E-state index is 13.6. The summed E-state index contributed by atoms with van der Waals surface area (Å²) in [6, 6.07) is 8.25. The third-order valence-corrected chi connectivity index (χ3v) is 7.28. The molecule has 2 aromatic heterocycles. The number of hydrogen-bond acceptors (Lipinski definition) is 8. The maximum Gasteiger partial charge on any atom is 0.416 e. The number of halogens is 3. The third-order valence-electron chi connectivity index (χ3n) is 6.34. The molecule has 212 valence electrons. The van der Waals surface area contributed by atoms with E-state index in [0.717, 1.165) is 17.7 Å². The molecule has 1 saturated heterocycles. The Bertz CT molecular complexity index is 1650. The number of carbonyl (C=O) groups is 3. The number of ketones is 1. The average molecular weight is 584 g/mol. The van der Waals surface area contributed by atoms with Gasteiger partial charge in [0.25, 0.3) is 5.91 Å². The fourth-order valence-electron chi connectivity index (χ4n) is 4.40. The number of nitrogens with zero attached hydrogens (tertiary/aromatic N) is 5. The molecule has 1 aliphatic heterocycles. The number of nitrogens with one attached hydrogen (secondary N) is 2. The fourth-order valence-corrected chi connectivity index (χ4v) is 5.21. The number of aromatic nitrogens is 4. The van der Waals surface area contributed by atoms with Gasteiger partial charge in [-0.25, -0.2) is 9.67 Å². The summed E-state index contributed by atoms with van der Waals surface area (Å²) in [5.41, 5.74) is 1.49. The minimum atomic E-state index is -4.61. The van der Waals surface area contributed by atoms with E-state index in [9.17, 15) is 27.6 Å². The van der Waals surface area contributed by atoms with Gasteiger partial charge in [0, 0.05) is 43.9 Å². The Morgan fingerprint density at radius 1 is 1.12 bits per heavy atom. The largest absolute Gasteiger partial charge is 0.416 e. The molecule has 2 amide bonds. The minimum absolute atomic E-state index is 0.00399. The SMILES string of the molecule is CC(=O)Nc1ncc(-c2cn(-c3cc(C(=O)Nc4cc(CN5CCC(=O)C5)cc(C(F)(F)F)c4)ccc3C)nn2)s1. The van der Waals surface area contributed by atoms with Crippen LogP contribution < -0.4 is 10.6 Å². The number of aryl methyl sites for hydroxylation is 1. The first kappa shape index (κ1) is 28.1. The molecule has 2 aromatic carbocycles. The van der Waals surface area contributed by atoms with Crippen LogP contribution in [0, 0.1) is 6.92 Å². The van der Waals surface area contributed by atoms with Gasteiger partial charge in [0.1, 0.15) is 11.5 Å². The molecule has 0 bridgehead atoms. The van der Waals surface area contributed by atoms with Crippen molar-refractivity contribution in [3.63, 3.8) is 0 Å². The molecule has 2 N–H and O–H groups in total. The molecule has 0 radical (unpaired) electrons. The van der Waals surface area contributed by atoms with E-state index in [1.807, 2.05) is 6.92 Å². The van der Waals surface area contributed by atoms with Gasteiger partial charge in [-0.3, -0.25) is 19.3 Å². The molecule has 4 aromatic rings. The zero-order chi connectivity index (χ0) is 29.3. The van der Waals surface area contributed by atoms with Crippen LogP contribution in [0.2, 0.25) is 0 Å². The zero-order valence-corrected chi connectivity index (χ0v) is 22.8. The van der Waals surface area contributed by atoms with Gasteiger partial charge in [0.15, 0.2) is 5.13 Å². The Hall–Kier alpha value is -4.43. The zero-order valence-electron chi connectivity index (χ0n) is 22.0. The summed E-state index contributed by atoms with van der Waals surface area (Å²) in [5.74, 6) is -0.803. The van der Waals surface area contributed by atoms with Gasteiger partial charge in [-0.05, 0) is 48.4 Å². The van der Waals surface area contributed by atoms with Crippen LogP contribution in [0.4, 0.5) is 24.0 Å². The van der Waals surface area contributed by atoms with Gasteiger partial charge in [-0.15, -0.1) is 5.10 Å². The van der Waals surface area contributed by atoms with Crippen LogP contribution in [0.5, 0.6) is 0 Å². The number of likely N-dealkylation sites (tertiary alicyclic amines) is 1. The van der Waals surface area contributed by atoms with E-state index in [1.54, 1.807) is 35.5 Å². The average Bonchev–Trinajstić information content (AvgIpc) is 3.65. The molecule has 3 heterocycles. The number of hydrogen-bond donors (Lipinski definition) is 2. The molecule has 1 aliphatic rings. The third kappa shape index (κ3) is 6.66. The second-order valence-corrected chi connectivity index (χ2v) is 10.7. The van der Waals surface area contributed by atoms with Gasteiger partial charge < -0.3 is 10.6 Å². The van der Waals surface area contributed by atoms with Crippen molar-refractivity contribution >= 4 is 39.8 Å². The number of anilines is 2. The molecule has 14 heteroatoms. The van der Waals surface area contributed by atoms with E-state index in [2.05, 4.69) is 25.9 Å². The van der Waals surface area contributed by atoms with Crippen LogP contribution in [0.25, 0.3) is 16.3 Å². The number of thiazole rings is 1. The van der Waals surface area contributed by atoms with Crippen molar-refractivity contribution in [1.29, 1.82) is 0 Å². The smallest absolute Gasteiger partial charge is 0.322 e. The molecule has 0 aliphatic carbocycles. The summed E-state index contributed by atoms with van der Waals surface area (Å²) in [6.45, 7) is 4.03. The summed E-state index contributed by atoms with van der Waals surface area (Å²) in [4.78, 5) is 42.6. The molecular weight excluding hydrogens is 559 g/mol. The van der Waals surface area contributed by atoms with Crippen LogP contribution >= 0.6 is 11.3 Å². The Morgan fingerprint density at radius 2 is 1.93 bits per heavy atom. The molecular formula is C27H24F3N7O3S. The van der Waals surface area contributed by atoms with Crippen LogP contribution in [0.1, 0.15) is 40.4 Å². The first-order valence-corrected chi connectivity index (χ1v) is 13.3. The second-order valence-electron chi connectivity index (χ2n) is 9.63. The molecule has 10 nitrogen and oxygen atoms in total. The first-order valence-electron chi connectivity index (χ1n) is 12.5. The van der Waals surface area contributed by atoms with E-state index < -0.39 is 17.6 Å². The molecule has 0 unspecified atom stereocenters. The van der Waals surface area contributed by atoms with Crippen molar-refractivity contribution in [1.82, 2.24) is 24.9 Å². The summed E-state index contributed by atoms with van der Waals surface area (Å²) in [5, 5.41) is 13.9. The van der Waals surface area contributed by atoms with Gasteiger partial charge in [-0.1, -0.05) is 22.6 Å². The lowest BCUT2D eigenvalue weighted by Gasteiger charge is -2.17. The van der Waals surface area contributed by atoms with Crippen molar-refractivity contribution in [2.45, 2.75) is 33.0 Å². The Balaban J connectivity index is 1.37. The lowest BCUT2D eigenvalue weighted by molar-refractivity contribution is -0.137. The normalized spacial score (nSPS) is 13.9. The lowest BCUT2D eigenvalue weighted by atomic mass is 10.1. The summed E-state index contributed by atoms with van der Waals surface area (Å²) >= 11 is 1.23. The van der Waals surface area contributed by atoms with Crippen molar-refractivity contribution < 1.29 is 27.6 Å². The highest BCUT2D eigenvalue weighted by Crippen LogP contribution is 2.33. The fraction of sp³-hybridized carbons (Fsp3) is 0.259. The number of amides is 2. The standard InChI is InChI=1S/C27H24F3N7O3S/c1-15-3-4-18(9-23(15)37-14-22(34-35-37)24-11-31-26(41-24)32-16(2)38)25(40)33-20-8-17(7-19(10-20)27(28,29)30)12-36-6-5-21(39)13-36/h3-4,7-11,14H,5-6,12-13H2,1-2H3,(H,33,40)(H,31,32,38). The summed E-state index contributed by atoms with van der Waals surface area (Å²) in [6.07, 6.45) is -1.03. The van der Waals surface area contributed by atoms with Crippen LogP contribution in [0.3, 0.4) is 0 Å². The molecule has 0 atom stereocenters.